The van der Waals surface area contributed by atoms with E-state index in [2.05, 4.69) is 4.98 Å². The summed E-state index contributed by atoms with van der Waals surface area (Å²) >= 11 is 5.77. The maximum Gasteiger partial charge on any atom is 0.131 e. The van der Waals surface area contributed by atoms with Crippen LogP contribution in [0.2, 0.25) is 5.15 Å². The van der Waals surface area contributed by atoms with Gasteiger partial charge in [0.2, 0.25) is 0 Å². The van der Waals surface area contributed by atoms with E-state index in [0.29, 0.717) is 23.6 Å². The fourth-order valence-electron chi connectivity index (χ4n) is 1.39. The van der Waals surface area contributed by atoms with Gasteiger partial charge in [-0.3, -0.25) is 0 Å². The molecule has 0 atom stereocenters. The van der Waals surface area contributed by atoms with Crippen molar-refractivity contribution in [3.63, 3.8) is 0 Å². The highest BCUT2D eigenvalue weighted by Crippen LogP contribution is 2.23. The fourth-order valence-corrected chi connectivity index (χ4v) is 1.62. The van der Waals surface area contributed by atoms with Crippen molar-refractivity contribution >= 4 is 17.3 Å². The van der Waals surface area contributed by atoms with Crippen LogP contribution >= 0.6 is 11.6 Å². The van der Waals surface area contributed by atoms with Gasteiger partial charge in [-0.2, -0.15) is 0 Å². The number of nitrogens with zero attached hydrogens (tertiary/aromatic N) is 1. The SMILES string of the molecule is Nc1cc(Cl)nc(COC2CCC2)c1. The van der Waals surface area contributed by atoms with Crippen molar-refractivity contribution in [2.75, 3.05) is 5.73 Å². The van der Waals surface area contributed by atoms with Crippen LogP contribution in [0.1, 0.15) is 25.0 Å². The van der Waals surface area contributed by atoms with Gasteiger partial charge in [-0.25, -0.2) is 4.98 Å². The van der Waals surface area contributed by atoms with Gasteiger partial charge in [0, 0.05) is 5.69 Å². The Balaban J connectivity index is 1.94. The van der Waals surface area contributed by atoms with Gasteiger partial charge in [0.1, 0.15) is 5.15 Å². The summed E-state index contributed by atoms with van der Waals surface area (Å²) in [5, 5.41) is 0.428. The number of nitrogen functional groups attached to an aromatic ring is 1. The Morgan fingerprint density at radius 1 is 1.50 bits per heavy atom. The predicted molar refractivity (Wildman–Crippen MR) is 56.1 cm³/mol. The zero-order valence-electron chi connectivity index (χ0n) is 7.87. The van der Waals surface area contributed by atoms with Gasteiger partial charge in [0.15, 0.2) is 0 Å². The molecule has 14 heavy (non-hydrogen) atoms. The van der Waals surface area contributed by atoms with Gasteiger partial charge in [0.05, 0.1) is 18.4 Å². The molecule has 1 aromatic rings. The molecule has 1 fully saturated rings. The third-order valence-corrected chi connectivity index (χ3v) is 2.58. The molecule has 4 heteroatoms. The van der Waals surface area contributed by atoms with Crippen molar-refractivity contribution in [1.29, 1.82) is 0 Å². The monoisotopic (exact) mass is 212 g/mol. The highest BCUT2D eigenvalue weighted by atomic mass is 35.5. The summed E-state index contributed by atoms with van der Waals surface area (Å²) in [5.41, 5.74) is 7.08. The van der Waals surface area contributed by atoms with Crippen LogP contribution in [-0.4, -0.2) is 11.1 Å². The first kappa shape index (κ1) is 9.74. The molecule has 1 aliphatic carbocycles. The molecule has 1 saturated carbocycles. The number of anilines is 1. The molecule has 0 radical (unpaired) electrons. The Labute approximate surface area is 88.2 Å². The number of ether oxygens (including phenoxy) is 1. The Morgan fingerprint density at radius 3 is 2.86 bits per heavy atom. The minimum atomic E-state index is 0.414. The molecule has 1 aliphatic rings. The van der Waals surface area contributed by atoms with Crippen LogP contribution in [0.3, 0.4) is 0 Å². The van der Waals surface area contributed by atoms with Crippen LogP contribution in [0, 0.1) is 0 Å². The molecule has 1 heterocycles. The van der Waals surface area contributed by atoms with Gasteiger partial charge in [-0.1, -0.05) is 11.6 Å². The van der Waals surface area contributed by atoms with Crippen LogP contribution in [0.25, 0.3) is 0 Å². The molecule has 0 aromatic carbocycles. The van der Waals surface area contributed by atoms with E-state index in [9.17, 15) is 0 Å². The molecule has 0 amide bonds. The zero-order chi connectivity index (χ0) is 9.97. The summed E-state index contributed by atoms with van der Waals surface area (Å²) in [6.45, 7) is 0.509. The molecule has 76 valence electrons. The minimum absolute atomic E-state index is 0.414. The summed E-state index contributed by atoms with van der Waals surface area (Å²) in [7, 11) is 0. The molecule has 0 unspecified atom stereocenters. The van der Waals surface area contributed by atoms with E-state index in [1.54, 1.807) is 12.1 Å². The lowest BCUT2D eigenvalue weighted by Crippen LogP contribution is -2.21. The molecular weight excluding hydrogens is 200 g/mol. The summed E-state index contributed by atoms with van der Waals surface area (Å²) < 4.78 is 5.60. The van der Waals surface area contributed by atoms with Gasteiger partial charge in [-0.05, 0) is 31.4 Å². The third-order valence-electron chi connectivity index (χ3n) is 2.39. The van der Waals surface area contributed by atoms with Crippen molar-refractivity contribution in [3.05, 3.63) is 23.0 Å². The second kappa shape index (κ2) is 4.15. The van der Waals surface area contributed by atoms with E-state index in [4.69, 9.17) is 22.1 Å². The lowest BCUT2D eigenvalue weighted by molar-refractivity contribution is -0.0101. The van der Waals surface area contributed by atoms with Crippen molar-refractivity contribution in [2.24, 2.45) is 0 Å². The van der Waals surface area contributed by atoms with Gasteiger partial charge >= 0.3 is 0 Å². The predicted octanol–water partition coefficient (Wildman–Crippen LogP) is 2.39. The van der Waals surface area contributed by atoms with E-state index in [1.807, 2.05) is 0 Å². The average Bonchev–Trinajstić information content (AvgIpc) is 1.99. The number of rotatable bonds is 3. The van der Waals surface area contributed by atoms with Gasteiger partial charge in [-0.15, -0.1) is 0 Å². The number of pyridine rings is 1. The number of hydrogen-bond acceptors (Lipinski definition) is 3. The van der Waals surface area contributed by atoms with E-state index < -0.39 is 0 Å². The molecule has 2 N–H and O–H groups in total. The lowest BCUT2D eigenvalue weighted by Gasteiger charge is -2.25. The first-order chi connectivity index (χ1) is 6.74. The summed E-state index contributed by atoms with van der Waals surface area (Å²) in [6, 6.07) is 3.43. The molecule has 3 nitrogen and oxygen atoms in total. The van der Waals surface area contributed by atoms with Gasteiger partial charge in [0.25, 0.3) is 0 Å². The fraction of sp³-hybridized carbons (Fsp3) is 0.500. The highest BCUT2D eigenvalue weighted by Gasteiger charge is 2.17. The Kier molecular flexibility index (Phi) is 2.89. The number of nitrogens with two attached hydrogens (primary N) is 1. The summed E-state index contributed by atoms with van der Waals surface area (Å²) in [5.74, 6) is 0. The average molecular weight is 213 g/mol. The molecular formula is C10H13ClN2O. The topological polar surface area (TPSA) is 48.1 Å². The van der Waals surface area contributed by atoms with Crippen molar-refractivity contribution < 1.29 is 4.74 Å². The van der Waals surface area contributed by atoms with Crippen molar-refractivity contribution in [1.82, 2.24) is 4.98 Å². The number of halogens is 1. The van der Waals surface area contributed by atoms with Crippen molar-refractivity contribution in [2.45, 2.75) is 32.0 Å². The number of aromatic nitrogens is 1. The molecule has 1 aromatic heterocycles. The van der Waals surface area contributed by atoms with E-state index in [-0.39, 0.29) is 0 Å². The summed E-state index contributed by atoms with van der Waals surface area (Å²) in [6.07, 6.45) is 4.01. The largest absolute Gasteiger partial charge is 0.399 e. The standard InChI is InChI=1S/C10H13ClN2O/c11-10-5-7(12)4-8(13-10)6-14-9-2-1-3-9/h4-5,9H,1-3,6H2,(H2,12,13). The van der Waals surface area contributed by atoms with Crippen LogP contribution in [-0.2, 0) is 11.3 Å². The Bertz CT molecular complexity index is 306. The smallest absolute Gasteiger partial charge is 0.131 e. The van der Waals surface area contributed by atoms with Gasteiger partial charge < -0.3 is 10.5 Å². The van der Waals surface area contributed by atoms with Crippen molar-refractivity contribution in [3.8, 4) is 0 Å². The molecule has 0 spiro atoms. The first-order valence-corrected chi connectivity index (χ1v) is 5.15. The molecule has 0 saturated heterocycles. The normalized spacial score (nSPS) is 16.6. The Morgan fingerprint density at radius 2 is 2.29 bits per heavy atom. The molecule has 2 rings (SSSR count). The maximum absolute atomic E-state index is 5.77. The first-order valence-electron chi connectivity index (χ1n) is 4.77. The second-order valence-electron chi connectivity index (χ2n) is 3.58. The van der Waals surface area contributed by atoms with E-state index >= 15 is 0 Å². The van der Waals surface area contributed by atoms with Crippen LogP contribution in [0.5, 0.6) is 0 Å². The maximum atomic E-state index is 5.77. The highest BCUT2D eigenvalue weighted by molar-refractivity contribution is 6.29. The lowest BCUT2D eigenvalue weighted by atomic mass is 9.96. The van der Waals surface area contributed by atoms with E-state index in [0.717, 1.165) is 18.5 Å². The summed E-state index contributed by atoms with van der Waals surface area (Å²) in [4.78, 5) is 4.12. The van der Waals surface area contributed by atoms with Crippen LogP contribution in [0.4, 0.5) is 5.69 Å². The van der Waals surface area contributed by atoms with E-state index in [1.165, 1.54) is 6.42 Å². The third kappa shape index (κ3) is 2.36. The quantitative estimate of drug-likeness (QED) is 0.783. The zero-order valence-corrected chi connectivity index (χ0v) is 8.63. The number of hydrogen-bond donors (Lipinski definition) is 1. The molecule has 0 aliphatic heterocycles. The van der Waals surface area contributed by atoms with Crippen LogP contribution in [0.15, 0.2) is 12.1 Å². The van der Waals surface area contributed by atoms with Crippen LogP contribution < -0.4 is 5.73 Å². The molecule has 0 bridgehead atoms. The Hall–Kier alpha value is -0.800. The second-order valence-corrected chi connectivity index (χ2v) is 3.97. The minimum Gasteiger partial charge on any atom is -0.399 e.